The molecule has 2 rings (SSSR count). The number of aromatic nitrogens is 1. The van der Waals surface area contributed by atoms with E-state index in [0.29, 0.717) is 23.8 Å². The molecule has 1 aromatic rings. The summed E-state index contributed by atoms with van der Waals surface area (Å²) in [6.07, 6.45) is 1.29. The second kappa shape index (κ2) is 8.22. The highest BCUT2D eigenvalue weighted by Crippen LogP contribution is 2.32. The van der Waals surface area contributed by atoms with E-state index in [0.717, 1.165) is 22.0 Å². The van der Waals surface area contributed by atoms with Crippen molar-refractivity contribution >= 4 is 45.9 Å². The highest BCUT2D eigenvalue weighted by Gasteiger charge is 2.44. The maximum absolute atomic E-state index is 12.6. The first-order valence-electron chi connectivity index (χ1n) is 8.41. The van der Waals surface area contributed by atoms with Gasteiger partial charge in [0.05, 0.1) is 21.3 Å². The van der Waals surface area contributed by atoms with Crippen LogP contribution in [0.5, 0.6) is 0 Å². The second-order valence-corrected chi connectivity index (χ2v) is 8.68. The van der Waals surface area contributed by atoms with E-state index in [9.17, 15) is 9.59 Å². The lowest BCUT2D eigenvalue weighted by atomic mass is 9.98. The summed E-state index contributed by atoms with van der Waals surface area (Å²) in [5.41, 5.74) is 12.0. The number of amides is 3. The largest absolute Gasteiger partial charge is 0.397 e. The molecule has 1 atom stereocenters. The van der Waals surface area contributed by atoms with Crippen LogP contribution in [-0.2, 0) is 4.79 Å². The van der Waals surface area contributed by atoms with Gasteiger partial charge in [0.25, 0.3) is 0 Å². The van der Waals surface area contributed by atoms with Crippen LogP contribution in [0, 0.1) is 6.92 Å². The smallest absolute Gasteiger partial charge is 0.324 e. The Labute approximate surface area is 167 Å². The summed E-state index contributed by atoms with van der Waals surface area (Å²) >= 11 is 2.71. The van der Waals surface area contributed by atoms with Crippen LogP contribution in [-0.4, -0.2) is 52.9 Å². The van der Waals surface area contributed by atoms with Crippen LogP contribution in [0.25, 0.3) is 5.70 Å². The van der Waals surface area contributed by atoms with Gasteiger partial charge in [0, 0.05) is 26.0 Å². The van der Waals surface area contributed by atoms with Gasteiger partial charge in [0.2, 0.25) is 5.91 Å². The van der Waals surface area contributed by atoms with Gasteiger partial charge in [0.15, 0.2) is 5.13 Å². The predicted molar refractivity (Wildman–Crippen MR) is 112 cm³/mol. The molecule has 1 aromatic heterocycles. The van der Waals surface area contributed by atoms with E-state index in [4.69, 9.17) is 11.5 Å². The summed E-state index contributed by atoms with van der Waals surface area (Å²) in [6, 6.07) is -0.382. The third-order valence-corrected chi connectivity index (χ3v) is 6.64. The molecule has 0 radical (unpaired) electrons. The molecule has 1 aliphatic rings. The Hall–Kier alpha value is -2.20. The minimum absolute atomic E-state index is 0.382. The van der Waals surface area contributed by atoms with E-state index in [1.165, 1.54) is 28.0 Å². The van der Waals surface area contributed by atoms with E-state index < -0.39 is 11.4 Å². The molecule has 0 unspecified atom stereocenters. The number of primary amides is 1. The molecule has 8 nitrogen and oxygen atoms in total. The Morgan fingerprint density at radius 3 is 2.70 bits per heavy atom. The lowest BCUT2D eigenvalue weighted by Gasteiger charge is -2.31. The number of nitrogens with two attached hydrogens (primary N) is 2. The fraction of sp³-hybridized carbons (Fsp3) is 0.471. The number of thiazole rings is 1. The molecule has 0 saturated carbocycles. The van der Waals surface area contributed by atoms with Gasteiger partial charge in [-0.25, -0.2) is 9.78 Å². The number of aryl methyl sites for hydroxylation is 1. The fourth-order valence-electron chi connectivity index (χ4n) is 2.71. The molecule has 1 saturated heterocycles. The number of carbonyl (C=O) groups excluding carboxylic acids is 2. The number of urea groups is 1. The molecule has 0 spiro atoms. The van der Waals surface area contributed by atoms with Gasteiger partial charge in [-0.05, 0) is 26.7 Å². The zero-order valence-electron chi connectivity index (χ0n) is 16.0. The summed E-state index contributed by atoms with van der Waals surface area (Å²) in [6.45, 7) is 7.94. The molecule has 2 heterocycles. The number of thioether (sulfide) groups is 1. The standard InChI is InChI=1S/C17H26N6O2S2/c1-10-13(12(18)9-26-11(2)22(4)5)27-15(20-10)21-16(25)23-8-6-7-17(23,3)14(19)24/h9H,2,6-8,18H2,1,3-5H3,(H2,19,24)(H,20,21,25)/b12-9-/t17-/m0/s1. The van der Waals surface area contributed by atoms with Crippen LogP contribution in [0.15, 0.2) is 17.0 Å². The monoisotopic (exact) mass is 410 g/mol. The summed E-state index contributed by atoms with van der Waals surface area (Å²) < 4.78 is 0. The average molecular weight is 411 g/mol. The maximum Gasteiger partial charge on any atom is 0.324 e. The van der Waals surface area contributed by atoms with Crippen molar-refractivity contribution in [3.05, 3.63) is 27.6 Å². The molecular formula is C17H26N6O2S2. The topological polar surface area (TPSA) is 118 Å². The third-order valence-electron chi connectivity index (χ3n) is 4.51. The number of likely N-dealkylation sites (tertiary alicyclic amines) is 1. The zero-order valence-corrected chi connectivity index (χ0v) is 17.7. The molecule has 0 bridgehead atoms. The van der Waals surface area contributed by atoms with E-state index in [1.807, 2.05) is 25.9 Å². The Morgan fingerprint density at radius 2 is 2.11 bits per heavy atom. The van der Waals surface area contributed by atoms with Gasteiger partial charge in [0.1, 0.15) is 5.54 Å². The van der Waals surface area contributed by atoms with E-state index in [2.05, 4.69) is 16.9 Å². The molecule has 5 N–H and O–H groups in total. The lowest BCUT2D eigenvalue weighted by Crippen LogP contribution is -2.55. The number of hydrogen-bond donors (Lipinski definition) is 3. The molecule has 1 aliphatic heterocycles. The Bertz CT molecular complexity index is 788. The van der Waals surface area contributed by atoms with Gasteiger partial charge in [-0.1, -0.05) is 29.7 Å². The summed E-state index contributed by atoms with van der Waals surface area (Å²) in [5.74, 6) is -0.503. The van der Waals surface area contributed by atoms with Crippen molar-refractivity contribution in [3.63, 3.8) is 0 Å². The Balaban J connectivity index is 2.12. The SMILES string of the molecule is C=C(S/C=C(\N)c1sc(NC(=O)N2CCC[C@@]2(C)C(N)=O)nc1C)N(C)C. The lowest BCUT2D eigenvalue weighted by molar-refractivity contribution is -0.126. The van der Waals surface area contributed by atoms with Crippen molar-refractivity contribution < 1.29 is 9.59 Å². The van der Waals surface area contributed by atoms with Gasteiger partial charge in [-0.2, -0.15) is 0 Å². The number of hydrogen-bond acceptors (Lipinski definition) is 7. The summed E-state index contributed by atoms with van der Waals surface area (Å²) in [4.78, 5) is 32.9. The third kappa shape index (κ3) is 4.56. The molecule has 3 amide bonds. The van der Waals surface area contributed by atoms with E-state index in [-0.39, 0.29) is 6.03 Å². The molecule has 148 valence electrons. The van der Waals surface area contributed by atoms with Gasteiger partial charge < -0.3 is 21.3 Å². The Kier molecular flexibility index (Phi) is 6.42. The summed E-state index contributed by atoms with van der Waals surface area (Å²) in [7, 11) is 3.81. The van der Waals surface area contributed by atoms with Crippen molar-refractivity contribution in [3.8, 4) is 0 Å². The van der Waals surface area contributed by atoms with Crippen LogP contribution in [0.1, 0.15) is 30.3 Å². The first kappa shape index (κ1) is 21.1. The van der Waals surface area contributed by atoms with Crippen molar-refractivity contribution in [2.45, 2.75) is 32.2 Å². The number of nitrogens with zero attached hydrogens (tertiary/aromatic N) is 3. The highest BCUT2D eigenvalue weighted by atomic mass is 32.2. The number of anilines is 1. The van der Waals surface area contributed by atoms with Crippen LogP contribution in [0.3, 0.4) is 0 Å². The van der Waals surface area contributed by atoms with Gasteiger partial charge >= 0.3 is 6.03 Å². The minimum atomic E-state index is -0.971. The minimum Gasteiger partial charge on any atom is -0.397 e. The van der Waals surface area contributed by atoms with Crippen LogP contribution in [0.4, 0.5) is 9.93 Å². The fourth-order valence-corrected chi connectivity index (χ4v) is 4.26. The first-order valence-corrected chi connectivity index (χ1v) is 10.1. The first-order chi connectivity index (χ1) is 12.6. The van der Waals surface area contributed by atoms with Crippen molar-refractivity contribution in [2.75, 3.05) is 26.0 Å². The van der Waals surface area contributed by atoms with Gasteiger partial charge in [-0.3, -0.25) is 10.1 Å². The Morgan fingerprint density at radius 1 is 1.44 bits per heavy atom. The maximum atomic E-state index is 12.6. The van der Waals surface area contributed by atoms with Crippen LogP contribution >= 0.6 is 23.1 Å². The number of nitrogens with one attached hydrogen (secondary N) is 1. The van der Waals surface area contributed by atoms with Crippen molar-refractivity contribution in [1.29, 1.82) is 0 Å². The molecule has 27 heavy (non-hydrogen) atoms. The van der Waals surface area contributed by atoms with Crippen molar-refractivity contribution in [2.24, 2.45) is 11.5 Å². The second-order valence-electron chi connectivity index (χ2n) is 6.74. The number of rotatable bonds is 6. The van der Waals surface area contributed by atoms with E-state index in [1.54, 1.807) is 12.3 Å². The normalized spacial score (nSPS) is 19.9. The number of carbonyl (C=O) groups is 2. The molecule has 1 fully saturated rings. The average Bonchev–Trinajstić information content (AvgIpc) is 3.15. The molecule has 10 heteroatoms. The van der Waals surface area contributed by atoms with E-state index >= 15 is 0 Å². The van der Waals surface area contributed by atoms with Crippen LogP contribution < -0.4 is 16.8 Å². The molecular weight excluding hydrogens is 384 g/mol. The summed E-state index contributed by atoms with van der Waals surface area (Å²) in [5, 5.41) is 5.85. The molecule has 0 aromatic carbocycles. The van der Waals surface area contributed by atoms with Crippen molar-refractivity contribution in [1.82, 2.24) is 14.8 Å². The quantitative estimate of drug-likeness (QED) is 0.663. The van der Waals surface area contributed by atoms with Gasteiger partial charge in [-0.15, -0.1) is 0 Å². The predicted octanol–water partition coefficient (Wildman–Crippen LogP) is 2.35. The molecule has 0 aliphatic carbocycles. The zero-order chi connectivity index (χ0) is 20.4. The van der Waals surface area contributed by atoms with Crippen LogP contribution in [0.2, 0.25) is 0 Å². The highest BCUT2D eigenvalue weighted by molar-refractivity contribution is 8.05.